The summed E-state index contributed by atoms with van der Waals surface area (Å²) in [5.41, 5.74) is 1.13. The molecule has 1 N–H and O–H groups in total. The minimum atomic E-state index is -0.264. The average molecular weight is 296 g/mol. The first-order valence-corrected chi connectivity index (χ1v) is 7.86. The van der Waals surface area contributed by atoms with Crippen molar-refractivity contribution in [2.24, 2.45) is 0 Å². The fourth-order valence-corrected chi connectivity index (χ4v) is 3.44. The highest BCUT2D eigenvalue weighted by molar-refractivity contribution is 6.31. The fourth-order valence-electron chi connectivity index (χ4n) is 3.14. The van der Waals surface area contributed by atoms with Crippen LogP contribution in [0.15, 0.2) is 24.3 Å². The van der Waals surface area contributed by atoms with E-state index >= 15 is 0 Å². The van der Waals surface area contributed by atoms with Crippen molar-refractivity contribution in [1.82, 2.24) is 5.32 Å². The molecular formula is C16H22ClNO2. The van der Waals surface area contributed by atoms with Crippen molar-refractivity contribution in [3.05, 3.63) is 34.9 Å². The van der Waals surface area contributed by atoms with Crippen molar-refractivity contribution in [2.75, 3.05) is 13.2 Å². The summed E-state index contributed by atoms with van der Waals surface area (Å²) in [6.07, 6.45) is 4.68. The van der Waals surface area contributed by atoms with Crippen LogP contribution >= 0.6 is 11.6 Å². The summed E-state index contributed by atoms with van der Waals surface area (Å²) in [4.78, 5) is 0. The third kappa shape index (κ3) is 3.01. The Morgan fingerprint density at radius 2 is 2.10 bits per heavy atom. The highest BCUT2D eigenvalue weighted by Crippen LogP contribution is 2.39. The van der Waals surface area contributed by atoms with Crippen LogP contribution in [0.25, 0.3) is 0 Å². The van der Waals surface area contributed by atoms with Crippen LogP contribution in [0.5, 0.6) is 0 Å². The lowest BCUT2D eigenvalue weighted by Gasteiger charge is -2.23. The van der Waals surface area contributed by atoms with Crippen molar-refractivity contribution in [3.8, 4) is 0 Å². The van der Waals surface area contributed by atoms with Crippen molar-refractivity contribution in [1.29, 1.82) is 0 Å². The van der Waals surface area contributed by atoms with Gasteiger partial charge in [-0.2, -0.15) is 0 Å². The number of halogens is 1. The first kappa shape index (κ1) is 14.3. The molecule has 20 heavy (non-hydrogen) atoms. The van der Waals surface area contributed by atoms with E-state index in [0.717, 1.165) is 30.0 Å². The zero-order valence-corrected chi connectivity index (χ0v) is 12.7. The predicted octanol–water partition coefficient (Wildman–Crippen LogP) is 3.68. The molecule has 4 heteroatoms. The molecule has 3 nitrogen and oxygen atoms in total. The van der Waals surface area contributed by atoms with E-state index in [-0.39, 0.29) is 17.9 Å². The zero-order chi connectivity index (χ0) is 14.0. The van der Waals surface area contributed by atoms with Crippen LogP contribution in [0.1, 0.15) is 44.2 Å². The zero-order valence-electron chi connectivity index (χ0n) is 11.9. The van der Waals surface area contributed by atoms with Gasteiger partial charge in [0.15, 0.2) is 5.79 Å². The molecule has 0 bridgehead atoms. The smallest absolute Gasteiger partial charge is 0.168 e. The number of hydrogen-bond donors (Lipinski definition) is 1. The Kier molecular flexibility index (Phi) is 4.32. The molecule has 110 valence electrons. The summed E-state index contributed by atoms with van der Waals surface area (Å²) >= 11 is 6.22. The summed E-state index contributed by atoms with van der Waals surface area (Å²) < 4.78 is 12.0. The van der Waals surface area contributed by atoms with Gasteiger partial charge in [-0.05, 0) is 31.4 Å². The second-order valence-corrected chi connectivity index (χ2v) is 6.23. The predicted molar refractivity (Wildman–Crippen MR) is 79.9 cm³/mol. The summed E-state index contributed by atoms with van der Waals surface area (Å²) in [6.45, 7) is 3.62. The van der Waals surface area contributed by atoms with E-state index in [4.69, 9.17) is 21.1 Å². The highest BCUT2D eigenvalue weighted by Gasteiger charge is 2.43. The third-order valence-electron chi connectivity index (χ3n) is 4.30. The molecule has 0 unspecified atom stereocenters. The van der Waals surface area contributed by atoms with E-state index in [1.165, 1.54) is 12.8 Å². The van der Waals surface area contributed by atoms with Gasteiger partial charge in [0.2, 0.25) is 0 Å². The third-order valence-corrected chi connectivity index (χ3v) is 4.65. The van der Waals surface area contributed by atoms with Crippen LogP contribution in [0, 0.1) is 0 Å². The maximum absolute atomic E-state index is 6.22. The van der Waals surface area contributed by atoms with E-state index in [1.54, 1.807) is 0 Å². The number of benzene rings is 1. The fraction of sp³-hybridized carbons (Fsp3) is 0.625. The Bertz CT molecular complexity index is 460. The average Bonchev–Trinajstić information content (AvgIpc) is 3.07. The summed E-state index contributed by atoms with van der Waals surface area (Å²) in [7, 11) is 0. The largest absolute Gasteiger partial charge is 0.347 e. The molecule has 2 atom stereocenters. The highest BCUT2D eigenvalue weighted by atomic mass is 35.5. The molecule has 1 saturated carbocycles. The van der Waals surface area contributed by atoms with Gasteiger partial charge >= 0.3 is 0 Å². The van der Waals surface area contributed by atoms with Gasteiger partial charge in [0, 0.05) is 30.5 Å². The lowest BCUT2D eigenvalue weighted by Crippen LogP contribution is -2.33. The quantitative estimate of drug-likeness (QED) is 0.919. The van der Waals surface area contributed by atoms with Gasteiger partial charge in [0.05, 0.1) is 12.7 Å². The maximum Gasteiger partial charge on any atom is 0.168 e. The molecule has 1 aliphatic heterocycles. The topological polar surface area (TPSA) is 30.5 Å². The molecule has 1 heterocycles. The molecule has 3 rings (SSSR count). The van der Waals surface area contributed by atoms with Crippen LogP contribution in [-0.2, 0) is 9.47 Å². The molecule has 1 aromatic rings. The van der Waals surface area contributed by atoms with Gasteiger partial charge in [0.25, 0.3) is 0 Å². The summed E-state index contributed by atoms with van der Waals surface area (Å²) in [5, 5.41) is 4.31. The minimum absolute atomic E-state index is 0.151. The maximum atomic E-state index is 6.22. The first-order chi connectivity index (χ1) is 9.69. The van der Waals surface area contributed by atoms with Gasteiger partial charge in [-0.25, -0.2) is 0 Å². The molecule has 2 fully saturated rings. The molecular weight excluding hydrogens is 274 g/mol. The van der Waals surface area contributed by atoms with Crippen molar-refractivity contribution in [2.45, 2.75) is 50.5 Å². The molecule has 0 radical (unpaired) electrons. The van der Waals surface area contributed by atoms with E-state index < -0.39 is 0 Å². The van der Waals surface area contributed by atoms with Gasteiger partial charge in [0.1, 0.15) is 0 Å². The van der Waals surface area contributed by atoms with Gasteiger partial charge in [-0.15, -0.1) is 0 Å². The van der Waals surface area contributed by atoms with E-state index in [1.807, 2.05) is 18.2 Å². The SMILES string of the molecule is C[C@H](NC[C@@H]1COC2(CCCC2)O1)c1ccccc1Cl. The molecule has 1 aliphatic carbocycles. The van der Waals surface area contributed by atoms with Gasteiger partial charge < -0.3 is 14.8 Å². The van der Waals surface area contributed by atoms with Gasteiger partial charge in [-0.3, -0.25) is 0 Å². The Hall–Kier alpha value is -0.610. The summed E-state index contributed by atoms with van der Waals surface area (Å²) in [6, 6.07) is 8.17. The van der Waals surface area contributed by atoms with Crippen LogP contribution in [0.2, 0.25) is 5.02 Å². The molecule has 1 aromatic carbocycles. The van der Waals surface area contributed by atoms with Crippen molar-refractivity contribution < 1.29 is 9.47 Å². The van der Waals surface area contributed by atoms with Crippen LogP contribution < -0.4 is 5.32 Å². The Morgan fingerprint density at radius 3 is 2.85 bits per heavy atom. The normalized spacial score (nSPS) is 26.2. The van der Waals surface area contributed by atoms with Crippen LogP contribution in [0.3, 0.4) is 0 Å². The standard InChI is InChI=1S/C16H22ClNO2/c1-12(14-6-2-3-7-15(14)17)18-10-13-11-19-16(20-13)8-4-5-9-16/h2-3,6-7,12-13,18H,4-5,8-11H2,1H3/t12-,13+/m0/s1. The lowest BCUT2D eigenvalue weighted by atomic mass is 10.1. The van der Waals surface area contributed by atoms with Crippen molar-refractivity contribution in [3.63, 3.8) is 0 Å². The van der Waals surface area contributed by atoms with E-state index in [0.29, 0.717) is 6.61 Å². The molecule has 0 aromatic heterocycles. The lowest BCUT2D eigenvalue weighted by molar-refractivity contribution is -0.161. The van der Waals surface area contributed by atoms with Crippen molar-refractivity contribution >= 4 is 11.6 Å². The van der Waals surface area contributed by atoms with E-state index in [2.05, 4.69) is 18.3 Å². The second-order valence-electron chi connectivity index (χ2n) is 5.82. The Labute approximate surface area is 125 Å². The Balaban J connectivity index is 1.52. The molecule has 1 saturated heterocycles. The number of nitrogens with one attached hydrogen (secondary N) is 1. The minimum Gasteiger partial charge on any atom is -0.347 e. The number of ether oxygens (including phenoxy) is 2. The summed E-state index contributed by atoms with van der Waals surface area (Å²) in [5.74, 6) is -0.264. The second kappa shape index (κ2) is 6.02. The van der Waals surface area contributed by atoms with Crippen LogP contribution in [-0.4, -0.2) is 25.0 Å². The van der Waals surface area contributed by atoms with Gasteiger partial charge in [-0.1, -0.05) is 29.8 Å². The van der Waals surface area contributed by atoms with E-state index in [9.17, 15) is 0 Å². The molecule has 1 spiro atoms. The van der Waals surface area contributed by atoms with Crippen LogP contribution in [0.4, 0.5) is 0 Å². The Morgan fingerprint density at radius 1 is 1.35 bits per heavy atom. The molecule has 2 aliphatic rings. The number of rotatable bonds is 4. The monoisotopic (exact) mass is 295 g/mol. The first-order valence-electron chi connectivity index (χ1n) is 7.48. The number of hydrogen-bond acceptors (Lipinski definition) is 3. The molecule has 0 amide bonds.